The standard InChI is InChI=1S/C12H21NO2/c1-3-5-6-7-8-13-11(14)9-10(4-2)12(13)15/h9,14-15H,3-8H2,1-2H3. The molecule has 1 rings (SSSR count). The Morgan fingerprint density at radius 1 is 1.13 bits per heavy atom. The van der Waals surface area contributed by atoms with Gasteiger partial charge in [0.05, 0.1) is 0 Å². The molecule has 1 aromatic heterocycles. The maximum absolute atomic E-state index is 9.77. The van der Waals surface area contributed by atoms with Crippen molar-refractivity contribution in [3.8, 4) is 11.8 Å². The molecule has 0 unspecified atom stereocenters. The number of hydrogen-bond donors (Lipinski definition) is 2. The van der Waals surface area contributed by atoms with Crippen LogP contribution in [-0.2, 0) is 13.0 Å². The summed E-state index contributed by atoms with van der Waals surface area (Å²) < 4.78 is 1.59. The Kier molecular flexibility index (Phi) is 4.53. The van der Waals surface area contributed by atoms with E-state index in [1.807, 2.05) is 6.92 Å². The number of aromatic nitrogens is 1. The summed E-state index contributed by atoms with van der Waals surface area (Å²) in [4.78, 5) is 0. The summed E-state index contributed by atoms with van der Waals surface area (Å²) in [6, 6.07) is 1.65. The van der Waals surface area contributed by atoms with Crippen LogP contribution >= 0.6 is 0 Å². The molecule has 0 radical (unpaired) electrons. The van der Waals surface area contributed by atoms with Gasteiger partial charge < -0.3 is 10.2 Å². The van der Waals surface area contributed by atoms with Gasteiger partial charge in [-0.25, -0.2) is 0 Å². The summed E-state index contributed by atoms with van der Waals surface area (Å²) in [5.41, 5.74) is 0.822. The second kappa shape index (κ2) is 5.69. The largest absolute Gasteiger partial charge is 0.494 e. The van der Waals surface area contributed by atoms with E-state index >= 15 is 0 Å². The van der Waals surface area contributed by atoms with E-state index in [1.54, 1.807) is 10.6 Å². The lowest BCUT2D eigenvalue weighted by molar-refractivity contribution is 0.360. The van der Waals surface area contributed by atoms with Gasteiger partial charge >= 0.3 is 0 Å². The molecular formula is C12H21NO2. The zero-order chi connectivity index (χ0) is 11.3. The molecular weight excluding hydrogens is 190 g/mol. The predicted molar refractivity (Wildman–Crippen MR) is 61.3 cm³/mol. The molecule has 0 saturated heterocycles. The summed E-state index contributed by atoms with van der Waals surface area (Å²) in [5.74, 6) is 0.410. The second-order valence-corrected chi connectivity index (χ2v) is 3.92. The minimum Gasteiger partial charge on any atom is -0.494 e. The van der Waals surface area contributed by atoms with Crippen molar-refractivity contribution in [1.29, 1.82) is 0 Å². The number of rotatable bonds is 6. The molecule has 1 heterocycles. The Morgan fingerprint density at radius 2 is 1.87 bits per heavy atom. The van der Waals surface area contributed by atoms with E-state index in [4.69, 9.17) is 0 Å². The fourth-order valence-corrected chi connectivity index (χ4v) is 1.76. The molecule has 0 fully saturated rings. The zero-order valence-corrected chi connectivity index (χ0v) is 9.66. The monoisotopic (exact) mass is 211 g/mol. The third kappa shape index (κ3) is 2.91. The second-order valence-electron chi connectivity index (χ2n) is 3.92. The molecule has 0 aliphatic heterocycles. The van der Waals surface area contributed by atoms with Crippen molar-refractivity contribution in [3.05, 3.63) is 11.6 Å². The van der Waals surface area contributed by atoms with Crippen molar-refractivity contribution in [2.75, 3.05) is 0 Å². The van der Waals surface area contributed by atoms with Crippen LogP contribution in [0, 0.1) is 0 Å². The average Bonchev–Trinajstić information content (AvgIpc) is 2.50. The van der Waals surface area contributed by atoms with Crippen LogP contribution < -0.4 is 0 Å². The lowest BCUT2D eigenvalue weighted by Crippen LogP contribution is -1.97. The number of unbranched alkanes of at least 4 members (excludes halogenated alkanes) is 3. The van der Waals surface area contributed by atoms with Crippen LogP contribution in [-0.4, -0.2) is 14.8 Å². The predicted octanol–water partition coefficient (Wildman–Crippen LogP) is 3.04. The Hall–Kier alpha value is -1.12. The van der Waals surface area contributed by atoms with Crippen LogP contribution in [0.3, 0.4) is 0 Å². The summed E-state index contributed by atoms with van der Waals surface area (Å²) in [6.07, 6.45) is 5.32. The first-order valence-electron chi connectivity index (χ1n) is 5.81. The van der Waals surface area contributed by atoms with Gasteiger partial charge in [0.1, 0.15) is 0 Å². The van der Waals surface area contributed by atoms with Crippen molar-refractivity contribution >= 4 is 0 Å². The van der Waals surface area contributed by atoms with Crippen molar-refractivity contribution < 1.29 is 10.2 Å². The highest BCUT2D eigenvalue weighted by molar-refractivity contribution is 5.35. The van der Waals surface area contributed by atoms with Crippen molar-refractivity contribution in [1.82, 2.24) is 4.57 Å². The van der Waals surface area contributed by atoms with Gasteiger partial charge in [-0.15, -0.1) is 0 Å². The van der Waals surface area contributed by atoms with Gasteiger partial charge in [-0.1, -0.05) is 33.1 Å². The van der Waals surface area contributed by atoms with Crippen molar-refractivity contribution in [2.45, 2.75) is 52.5 Å². The molecule has 0 aliphatic carbocycles. The Bertz CT molecular complexity index is 305. The molecule has 0 bridgehead atoms. The smallest absolute Gasteiger partial charge is 0.197 e. The van der Waals surface area contributed by atoms with Crippen molar-refractivity contribution in [3.63, 3.8) is 0 Å². The quantitative estimate of drug-likeness (QED) is 0.710. The van der Waals surface area contributed by atoms with Gasteiger partial charge in [0.15, 0.2) is 11.8 Å². The van der Waals surface area contributed by atoms with E-state index in [0.29, 0.717) is 6.54 Å². The number of hydrogen-bond acceptors (Lipinski definition) is 2. The van der Waals surface area contributed by atoms with Crippen LogP contribution in [0.15, 0.2) is 6.07 Å². The normalized spacial score (nSPS) is 10.8. The topological polar surface area (TPSA) is 45.4 Å². The van der Waals surface area contributed by atoms with Crippen LogP contribution in [0.25, 0.3) is 0 Å². The highest BCUT2D eigenvalue weighted by Crippen LogP contribution is 2.28. The summed E-state index contributed by atoms with van der Waals surface area (Å²) in [7, 11) is 0. The first kappa shape index (κ1) is 12.0. The molecule has 0 amide bonds. The van der Waals surface area contributed by atoms with Gasteiger partial charge in [-0.05, 0) is 12.8 Å². The highest BCUT2D eigenvalue weighted by Gasteiger charge is 2.11. The molecule has 0 atom stereocenters. The highest BCUT2D eigenvalue weighted by atomic mass is 16.3. The minimum atomic E-state index is 0.181. The van der Waals surface area contributed by atoms with Crippen LogP contribution in [0.4, 0.5) is 0 Å². The molecule has 0 aromatic carbocycles. The average molecular weight is 211 g/mol. The Morgan fingerprint density at radius 3 is 2.40 bits per heavy atom. The van der Waals surface area contributed by atoms with E-state index in [-0.39, 0.29) is 11.8 Å². The molecule has 15 heavy (non-hydrogen) atoms. The fraction of sp³-hybridized carbons (Fsp3) is 0.667. The van der Waals surface area contributed by atoms with Crippen LogP contribution in [0.1, 0.15) is 45.1 Å². The first-order chi connectivity index (χ1) is 7.20. The number of aryl methyl sites for hydroxylation is 1. The minimum absolute atomic E-state index is 0.181. The zero-order valence-electron chi connectivity index (χ0n) is 9.66. The lowest BCUT2D eigenvalue weighted by atomic mass is 10.2. The Labute approximate surface area is 91.4 Å². The van der Waals surface area contributed by atoms with Crippen LogP contribution in [0.2, 0.25) is 0 Å². The fourth-order valence-electron chi connectivity index (χ4n) is 1.76. The van der Waals surface area contributed by atoms with Gasteiger partial charge in [-0.3, -0.25) is 4.57 Å². The molecule has 0 saturated carbocycles. The van der Waals surface area contributed by atoms with E-state index < -0.39 is 0 Å². The summed E-state index contributed by atoms with van der Waals surface area (Å²) >= 11 is 0. The first-order valence-corrected chi connectivity index (χ1v) is 5.81. The van der Waals surface area contributed by atoms with Crippen molar-refractivity contribution in [2.24, 2.45) is 0 Å². The molecule has 2 N–H and O–H groups in total. The van der Waals surface area contributed by atoms with E-state index in [0.717, 1.165) is 24.8 Å². The van der Waals surface area contributed by atoms with Gasteiger partial charge in [0, 0.05) is 18.2 Å². The maximum atomic E-state index is 9.77. The third-order valence-corrected chi connectivity index (χ3v) is 2.74. The number of aromatic hydroxyl groups is 2. The van der Waals surface area contributed by atoms with Gasteiger partial charge in [-0.2, -0.15) is 0 Å². The van der Waals surface area contributed by atoms with E-state index in [9.17, 15) is 10.2 Å². The molecule has 3 nitrogen and oxygen atoms in total. The summed E-state index contributed by atoms with van der Waals surface area (Å²) in [5, 5.41) is 19.4. The lowest BCUT2D eigenvalue weighted by Gasteiger charge is -2.06. The molecule has 3 heteroatoms. The van der Waals surface area contributed by atoms with Gasteiger partial charge in [0.2, 0.25) is 0 Å². The summed E-state index contributed by atoms with van der Waals surface area (Å²) in [6.45, 7) is 4.84. The number of nitrogens with zero attached hydrogens (tertiary/aromatic N) is 1. The molecule has 1 aromatic rings. The van der Waals surface area contributed by atoms with E-state index in [1.165, 1.54) is 12.8 Å². The van der Waals surface area contributed by atoms with Crippen LogP contribution in [0.5, 0.6) is 11.8 Å². The molecule has 0 aliphatic rings. The molecule has 0 spiro atoms. The maximum Gasteiger partial charge on any atom is 0.197 e. The SMILES string of the molecule is CCCCCCn1c(O)cc(CC)c1O. The third-order valence-electron chi connectivity index (χ3n) is 2.74. The Balaban J connectivity index is 2.56. The van der Waals surface area contributed by atoms with E-state index in [2.05, 4.69) is 6.92 Å². The van der Waals surface area contributed by atoms with Gasteiger partial charge in [0.25, 0.3) is 0 Å². The molecule has 86 valence electrons.